The quantitative estimate of drug-likeness (QED) is 0.777. The summed E-state index contributed by atoms with van der Waals surface area (Å²) < 4.78 is 0.796. The first-order chi connectivity index (χ1) is 6.68. The number of phenolic OH excluding ortho intramolecular Hbond substituents is 1. The van der Waals surface area contributed by atoms with E-state index >= 15 is 0 Å². The lowest BCUT2D eigenvalue weighted by atomic mass is 10.2. The second kappa shape index (κ2) is 3.94. The Bertz CT molecular complexity index is 366. The number of hydrogen-bond acceptors (Lipinski definition) is 1. The summed E-state index contributed by atoms with van der Waals surface area (Å²) in [6.45, 7) is 11.3. The molecule has 1 rings (SSSR count). The van der Waals surface area contributed by atoms with Crippen molar-refractivity contribution in [3.05, 3.63) is 22.7 Å². The molecule has 0 aliphatic carbocycles. The highest BCUT2D eigenvalue weighted by Crippen LogP contribution is 2.38. The summed E-state index contributed by atoms with van der Waals surface area (Å²) in [6.07, 6.45) is 0. The zero-order chi connectivity index (χ0) is 11.9. The topological polar surface area (TPSA) is 20.2 Å². The Morgan fingerprint density at radius 1 is 1.20 bits per heavy atom. The van der Waals surface area contributed by atoms with Gasteiger partial charge < -0.3 is 5.11 Å². The van der Waals surface area contributed by atoms with Crippen molar-refractivity contribution in [2.45, 2.75) is 38.9 Å². The van der Waals surface area contributed by atoms with Crippen LogP contribution < -0.4 is 5.19 Å². The summed E-state index contributed by atoms with van der Waals surface area (Å²) >= 11 is 3.38. The monoisotopic (exact) mass is 286 g/mol. The molecule has 1 aromatic carbocycles. The van der Waals surface area contributed by atoms with E-state index in [2.05, 4.69) is 55.9 Å². The molecule has 0 fully saturated rings. The van der Waals surface area contributed by atoms with Crippen LogP contribution in [0.25, 0.3) is 0 Å². The van der Waals surface area contributed by atoms with Gasteiger partial charge in [-0.3, -0.25) is 0 Å². The van der Waals surface area contributed by atoms with Gasteiger partial charge in [0.25, 0.3) is 0 Å². The average Bonchev–Trinajstić information content (AvgIpc) is 2.07. The molecule has 1 aromatic rings. The SMILES string of the molecule is CC(C)(C)[Si](C)(C)c1cccc(Br)c1O. The van der Waals surface area contributed by atoms with Gasteiger partial charge in [0.2, 0.25) is 0 Å². The van der Waals surface area contributed by atoms with E-state index in [0.717, 1.165) is 9.66 Å². The van der Waals surface area contributed by atoms with Crippen LogP contribution in [0, 0.1) is 0 Å². The maximum atomic E-state index is 10.1. The molecule has 0 saturated carbocycles. The lowest BCUT2D eigenvalue weighted by Gasteiger charge is -2.37. The van der Waals surface area contributed by atoms with Crippen LogP contribution in [0.15, 0.2) is 22.7 Å². The Labute approximate surface area is 102 Å². The number of phenols is 1. The zero-order valence-electron chi connectivity index (χ0n) is 10.1. The summed E-state index contributed by atoms with van der Waals surface area (Å²) in [6, 6.07) is 5.93. The molecule has 1 nitrogen and oxygen atoms in total. The van der Waals surface area contributed by atoms with E-state index in [1.807, 2.05) is 12.1 Å². The zero-order valence-corrected chi connectivity index (χ0v) is 12.6. The van der Waals surface area contributed by atoms with Crippen LogP contribution in [-0.2, 0) is 0 Å². The molecule has 0 atom stereocenters. The van der Waals surface area contributed by atoms with Crippen molar-refractivity contribution in [3.8, 4) is 5.75 Å². The minimum Gasteiger partial charge on any atom is -0.507 e. The van der Waals surface area contributed by atoms with Crippen molar-refractivity contribution in [1.82, 2.24) is 0 Å². The molecule has 0 spiro atoms. The second-order valence-electron chi connectivity index (χ2n) is 5.51. The summed E-state index contributed by atoms with van der Waals surface area (Å²) in [7, 11) is -1.64. The minimum absolute atomic E-state index is 0.241. The highest BCUT2D eigenvalue weighted by molar-refractivity contribution is 9.10. The van der Waals surface area contributed by atoms with Gasteiger partial charge in [-0.05, 0) is 32.2 Å². The lowest BCUT2D eigenvalue weighted by molar-refractivity contribution is 0.475. The van der Waals surface area contributed by atoms with Gasteiger partial charge in [-0.15, -0.1) is 0 Å². The van der Waals surface area contributed by atoms with Crippen LogP contribution in [0.4, 0.5) is 0 Å². The van der Waals surface area contributed by atoms with E-state index in [1.54, 1.807) is 0 Å². The van der Waals surface area contributed by atoms with Crippen LogP contribution in [0.3, 0.4) is 0 Å². The molecule has 0 radical (unpaired) electrons. The standard InChI is InChI=1S/C12H19BrOSi/c1-12(2,3)15(4,5)10-8-6-7-9(13)11(10)14/h6-8,14H,1-5H3. The van der Waals surface area contributed by atoms with Gasteiger partial charge in [0, 0.05) is 0 Å². The first-order valence-electron chi connectivity index (χ1n) is 5.16. The highest BCUT2D eigenvalue weighted by Gasteiger charge is 2.38. The fourth-order valence-corrected chi connectivity index (χ4v) is 4.02. The Kier molecular flexibility index (Phi) is 3.36. The fraction of sp³-hybridized carbons (Fsp3) is 0.500. The van der Waals surface area contributed by atoms with Crippen molar-refractivity contribution < 1.29 is 5.11 Å². The van der Waals surface area contributed by atoms with Gasteiger partial charge in [0.15, 0.2) is 0 Å². The number of para-hydroxylation sites is 1. The second-order valence-corrected chi connectivity index (χ2v) is 11.7. The number of rotatable bonds is 1. The van der Waals surface area contributed by atoms with E-state index in [4.69, 9.17) is 0 Å². The summed E-state index contributed by atoms with van der Waals surface area (Å²) in [5.74, 6) is 0.420. The Morgan fingerprint density at radius 2 is 1.73 bits per heavy atom. The number of halogens is 1. The summed E-state index contributed by atoms with van der Waals surface area (Å²) in [5.41, 5.74) is 0. The molecule has 0 aromatic heterocycles. The number of aromatic hydroxyl groups is 1. The third-order valence-electron chi connectivity index (χ3n) is 3.54. The average molecular weight is 287 g/mol. The molecule has 84 valence electrons. The third-order valence-corrected chi connectivity index (χ3v) is 9.68. The largest absolute Gasteiger partial charge is 0.507 e. The molecule has 1 N–H and O–H groups in total. The Morgan fingerprint density at radius 3 is 2.20 bits per heavy atom. The maximum Gasteiger partial charge on any atom is 0.129 e. The highest BCUT2D eigenvalue weighted by atomic mass is 79.9. The molecule has 0 saturated heterocycles. The van der Waals surface area contributed by atoms with Crippen molar-refractivity contribution in [2.24, 2.45) is 0 Å². The summed E-state index contributed by atoms with van der Waals surface area (Å²) in [4.78, 5) is 0. The van der Waals surface area contributed by atoms with Gasteiger partial charge in [-0.2, -0.15) is 0 Å². The van der Waals surface area contributed by atoms with Crippen LogP contribution in [0.2, 0.25) is 18.1 Å². The first-order valence-corrected chi connectivity index (χ1v) is 8.95. The molecule has 0 amide bonds. The normalized spacial score (nSPS) is 12.9. The van der Waals surface area contributed by atoms with Gasteiger partial charge in [-0.25, -0.2) is 0 Å². The van der Waals surface area contributed by atoms with E-state index in [0.29, 0.717) is 5.75 Å². The van der Waals surface area contributed by atoms with Crippen LogP contribution in [0.5, 0.6) is 5.75 Å². The third kappa shape index (κ3) is 2.28. The van der Waals surface area contributed by atoms with Crippen molar-refractivity contribution in [2.75, 3.05) is 0 Å². The maximum absolute atomic E-state index is 10.1. The van der Waals surface area contributed by atoms with Crippen molar-refractivity contribution in [3.63, 3.8) is 0 Å². The molecule has 15 heavy (non-hydrogen) atoms. The fourth-order valence-electron chi connectivity index (χ4n) is 1.42. The van der Waals surface area contributed by atoms with Crippen LogP contribution in [0.1, 0.15) is 20.8 Å². The van der Waals surface area contributed by atoms with E-state index in [-0.39, 0.29) is 5.04 Å². The van der Waals surface area contributed by atoms with Crippen molar-refractivity contribution >= 4 is 29.2 Å². The first kappa shape index (κ1) is 12.8. The Balaban J connectivity index is 3.34. The lowest BCUT2D eigenvalue weighted by Crippen LogP contribution is -2.49. The van der Waals surface area contributed by atoms with E-state index < -0.39 is 8.07 Å². The molecule has 3 heteroatoms. The van der Waals surface area contributed by atoms with E-state index in [1.165, 1.54) is 0 Å². The molecule has 0 aliphatic heterocycles. The number of benzene rings is 1. The number of hydrogen-bond donors (Lipinski definition) is 1. The Hall–Kier alpha value is -0.283. The van der Waals surface area contributed by atoms with Crippen LogP contribution >= 0.6 is 15.9 Å². The van der Waals surface area contributed by atoms with Gasteiger partial charge in [-0.1, -0.05) is 46.0 Å². The van der Waals surface area contributed by atoms with Gasteiger partial charge in [0.1, 0.15) is 5.75 Å². The molecular formula is C12H19BrOSi. The molecular weight excluding hydrogens is 268 g/mol. The molecule has 0 aliphatic rings. The predicted octanol–water partition coefficient (Wildman–Crippen LogP) is 3.87. The predicted molar refractivity (Wildman–Crippen MR) is 72.6 cm³/mol. The molecule has 0 heterocycles. The van der Waals surface area contributed by atoms with Gasteiger partial charge >= 0.3 is 0 Å². The minimum atomic E-state index is -1.64. The molecule has 0 bridgehead atoms. The van der Waals surface area contributed by atoms with Crippen molar-refractivity contribution in [1.29, 1.82) is 0 Å². The van der Waals surface area contributed by atoms with E-state index in [9.17, 15) is 5.11 Å². The van der Waals surface area contributed by atoms with Crippen LogP contribution in [-0.4, -0.2) is 13.2 Å². The van der Waals surface area contributed by atoms with Gasteiger partial charge in [0.05, 0.1) is 12.5 Å². The smallest absolute Gasteiger partial charge is 0.129 e. The summed E-state index contributed by atoms with van der Waals surface area (Å²) in [5, 5.41) is 11.5. The molecule has 0 unspecified atom stereocenters.